The van der Waals surface area contributed by atoms with Crippen molar-refractivity contribution >= 4 is 37.8 Å². The summed E-state index contributed by atoms with van der Waals surface area (Å²) in [4.78, 5) is 36.2. The Labute approximate surface area is 114 Å². The van der Waals surface area contributed by atoms with Crippen LogP contribution in [0.4, 0.5) is 0 Å². The van der Waals surface area contributed by atoms with Crippen molar-refractivity contribution in [1.29, 1.82) is 0 Å². The molecule has 0 fully saturated rings. The molecule has 1 aromatic heterocycles. The van der Waals surface area contributed by atoms with Crippen molar-refractivity contribution in [3.05, 3.63) is 31.5 Å². The molecule has 1 N–H and O–H groups in total. The quantitative estimate of drug-likeness (QED) is 0.638. The van der Waals surface area contributed by atoms with Crippen LogP contribution < -0.4 is 11.2 Å². The van der Waals surface area contributed by atoms with Crippen LogP contribution >= 0.6 is 31.9 Å². The van der Waals surface area contributed by atoms with Crippen LogP contribution in [0, 0.1) is 0 Å². The van der Waals surface area contributed by atoms with Gasteiger partial charge in [0.05, 0.1) is 4.47 Å². The first-order valence-corrected chi connectivity index (χ1v) is 7.08. The lowest BCUT2D eigenvalue weighted by Gasteiger charge is -2.03. The summed E-state index contributed by atoms with van der Waals surface area (Å²) in [5.74, 6) is -0.304. The second-order valence-corrected chi connectivity index (χ2v) is 5.15. The normalized spacial score (nSPS) is 10.5. The van der Waals surface area contributed by atoms with Gasteiger partial charge in [0.2, 0.25) is 5.91 Å². The van der Waals surface area contributed by atoms with Gasteiger partial charge in [-0.3, -0.25) is 14.6 Å². The molecule has 17 heavy (non-hydrogen) atoms. The van der Waals surface area contributed by atoms with Crippen molar-refractivity contribution in [2.24, 2.45) is 0 Å². The van der Waals surface area contributed by atoms with Crippen molar-refractivity contribution < 1.29 is 4.79 Å². The van der Waals surface area contributed by atoms with E-state index in [1.807, 2.05) is 0 Å². The van der Waals surface area contributed by atoms with E-state index in [4.69, 9.17) is 0 Å². The molecule has 0 aliphatic heterocycles. The zero-order valence-corrected chi connectivity index (χ0v) is 12.2. The van der Waals surface area contributed by atoms with Gasteiger partial charge < -0.3 is 0 Å². The molecule has 5 nitrogen and oxygen atoms in total. The average molecular weight is 368 g/mol. The molecule has 1 rings (SSSR count). The number of halogens is 2. The minimum Gasteiger partial charge on any atom is -0.274 e. The fourth-order valence-electron chi connectivity index (χ4n) is 1.30. The van der Waals surface area contributed by atoms with Crippen LogP contribution in [0.5, 0.6) is 0 Å². The summed E-state index contributed by atoms with van der Waals surface area (Å²) in [5, 5.41) is 0.908. The number of aromatic nitrogens is 2. The second-order valence-electron chi connectivity index (χ2n) is 3.50. The highest BCUT2D eigenvalue weighted by Crippen LogP contribution is 2.04. The molecule has 1 aromatic rings. The number of nitrogens with one attached hydrogen (secondary N) is 1. The maximum atomic E-state index is 11.7. The average Bonchev–Trinajstić information content (AvgIpc) is 2.29. The molecule has 0 amide bonds. The number of hydrogen-bond donors (Lipinski definition) is 1. The minimum absolute atomic E-state index is 0.172. The predicted octanol–water partition coefficient (Wildman–Crippen LogP) is 1.89. The number of rotatable bonds is 5. The first-order chi connectivity index (χ1) is 8.06. The van der Waals surface area contributed by atoms with Crippen molar-refractivity contribution in [3.8, 4) is 0 Å². The summed E-state index contributed by atoms with van der Waals surface area (Å²) >= 11 is 6.28. The minimum atomic E-state index is -0.691. The highest BCUT2D eigenvalue weighted by atomic mass is 79.9. The third kappa shape index (κ3) is 4.23. The van der Waals surface area contributed by atoms with Gasteiger partial charge in [0.25, 0.3) is 5.56 Å². The standard InChI is InChI=1S/C10H12Br2N2O3/c11-5-3-1-2-4-8(15)14-6-7(12)9(16)13-10(14)17/h6H,1-5H2,(H,13,16,17). The van der Waals surface area contributed by atoms with Gasteiger partial charge in [0, 0.05) is 17.9 Å². The number of unbranched alkanes of at least 4 members (excludes halogenated alkanes) is 2. The van der Waals surface area contributed by atoms with Gasteiger partial charge in [-0.1, -0.05) is 22.4 Å². The Balaban J connectivity index is 2.73. The summed E-state index contributed by atoms with van der Waals surface area (Å²) in [6.45, 7) is 0. The molecular formula is C10H12Br2N2O3. The number of aromatic amines is 1. The van der Waals surface area contributed by atoms with Crippen molar-refractivity contribution in [2.75, 3.05) is 5.33 Å². The highest BCUT2D eigenvalue weighted by molar-refractivity contribution is 9.10. The fraction of sp³-hybridized carbons (Fsp3) is 0.500. The number of H-pyrrole nitrogens is 1. The Morgan fingerprint density at radius 1 is 1.29 bits per heavy atom. The van der Waals surface area contributed by atoms with Crippen LogP contribution in [0.2, 0.25) is 0 Å². The van der Waals surface area contributed by atoms with Crippen LogP contribution in [0.1, 0.15) is 30.5 Å². The van der Waals surface area contributed by atoms with Gasteiger partial charge in [-0.2, -0.15) is 0 Å². The van der Waals surface area contributed by atoms with E-state index in [0.29, 0.717) is 6.42 Å². The molecule has 7 heteroatoms. The van der Waals surface area contributed by atoms with Gasteiger partial charge >= 0.3 is 5.69 Å². The van der Waals surface area contributed by atoms with E-state index in [-0.39, 0.29) is 10.4 Å². The van der Waals surface area contributed by atoms with E-state index < -0.39 is 11.2 Å². The van der Waals surface area contributed by atoms with Crippen LogP contribution in [-0.2, 0) is 0 Å². The number of nitrogens with zero attached hydrogens (tertiary/aromatic N) is 1. The smallest absolute Gasteiger partial charge is 0.274 e. The van der Waals surface area contributed by atoms with Crippen molar-refractivity contribution in [3.63, 3.8) is 0 Å². The van der Waals surface area contributed by atoms with Gasteiger partial charge in [-0.05, 0) is 28.8 Å². The van der Waals surface area contributed by atoms with Gasteiger partial charge in [-0.15, -0.1) is 0 Å². The van der Waals surface area contributed by atoms with Crippen LogP contribution in [0.3, 0.4) is 0 Å². The highest BCUT2D eigenvalue weighted by Gasteiger charge is 2.09. The summed E-state index contributed by atoms with van der Waals surface area (Å²) in [6.07, 6.45) is 4.17. The number of carbonyl (C=O) groups excluding carboxylic acids is 1. The van der Waals surface area contributed by atoms with E-state index in [1.165, 1.54) is 6.20 Å². The third-order valence-corrected chi connectivity index (χ3v) is 3.32. The molecule has 1 heterocycles. The SMILES string of the molecule is O=C(CCCCCBr)n1cc(Br)c(=O)[nH]c1=O. The molecule has 0 saturated heterocycles. The molecule has 0 spiro atoms. The topological polar surface area (TPSA) is 71.9 Å². The molecule has 0 saturated carbocycles. The van der Waals surface area contributed by atoms with E-state index in [2.05, 4.69) is 36.8 Å². The maximum Gasteiger partial charge on any atom is 0.335 e. The first kappa shape index (κ1) is 14.4. The van der Waals surface area contributed by atoms with E-state index in [9.17, 15) is 14.4 Å². The zero-order chi connectivity index (χ0) is 12.8. The van der Waals surface area contributed by atoms with E-state index >= 15 is 0 Å². The number of alkyl halides is 1. The maximum absolute atomic E-state index is 11.7. The Bertz CT molecular complexity index is 507. The molecule has 0 aliphatic rings. The third-order valence-electron chi connectivity index (χ3n) is 2.19. The lowest BCUT2D eigenvalue weighted by Crippen LogP contribution is -2.33. The Morgan fingerprint density at radius 2 is 2.00 bits per heavy atom. The predicted molar refractivity (Wildman–Crippen MR) is 71.9 cm³/mol. The van der Waals surface area contributed by atoms with Crippen molar-refractivity contribution in [1.82, 2.24) is 9.55 Å². The molecule has 0 aromatic carbocycles. The van der Waals surface area contributed by atoms with Crippen molar-refractivity contribution in [2.45, 2.75) is 25.7 Å². The van der Waals surface area contributed by atoms with Gasteiger partial charge in [0.15, 0.2) is 0 Å². The Hall–Kier alpha value is -0.690. The molecule has 94 valence electrons. The van der Waals surface area contributed by atoms with Gasteiger partial charge in [-0.25, -0.2) is 9.36 Å². The van der Waals surface area contributed by atoms with E-state index in [1.54, 1.807) is 0 Å². The number of carbonyl (C=O) groups is 1. The molecule has 0 aliphatic carbocycles. The number of hydrogen-bond acceptors (Lipinski definition) is 3. The lowest BCUT2D eigenvalue weighted by atomic mass is 10.2. The zero-order valence-electron chi connectivity index (χ0n) is 9.04. The van der Waals surface area contributed by atoms with E-state index in [0.717, 1.165) is 29.2 Å². The van der Waals surface area contributed by atoms with Gasteiger partial charge in [0.1, 0.15) is 0 Å². The lowest BCUT2D eigenvalue weighted by molar-refractivity contribution is 0.0892. The summed E-state index contributed by atoms with van der Waals surface area (Å²) in [6, 6.07) is 0. The van der Waals surface area contributed by atoms with Crippen LogP contribution in [-0.4, -0.2) is 20.8 Å². The molecule has 0 bridgehead atoms. The summed E-state index contributed by atoms with van der Waals surface area (Å²) < 4.78 is 1.10. The fourth-order valence-corrected chi connectivity index (χ4v) is 2.00. The molecular weight excluding hydrogens is 356 g/mol. The van der Waals surface area contributed by atoms with Crippen LogP contribution in [0.25, 0.3) is 0 Å². The Morgan fingerprint density at radius 3 is 2.65 bits per heavy atom. The summed E-state index contributed by atoms with van der Waals surface area (Å²) in [5.41, 5.74) is -1.22. The Kier molecular flexibility index (Phi) is 5.84. The summed E-state index contributed by atoms with van der Waals surface area (Å²) in [7, 11) is 0. The molecule has 0 atom stereocenters. The molecule has 0 radical (unpaired) electrons. The molecule has 0 unspecified atom stereocenters. The van der Waals surface area contributed by atoms with Crippen LogP contribution in [0.15, 0.2) is 20.3 Å². The first-order valence-electron chi connectivity index (χ1n) is 5.17. The monoisotopic (exact) mass is 366 g/mol. The second kappa shape index (κ2) is 6.90. The largest absolute Gasteiger partial charge is 0.335 e.